The molecule has 0 spiro atoms. The molecule has 0 saturated heterocycles. The van der Waals surface area contributed by atoms with E-state index in [-0.39, 0.29) is 19.6 Å². The molecule has 0 bridgehead atoms. The Morgan fingerprint density at radius 3 is 2.50 bits per heavy atom. The van der Waals surface area contributed by atoms with Crippen LogP contribution in [0.15, 0.2) is 0 Å². The van der Waals surface area contributed by atoms with Gasteiger partial charge in [-0.2, -0.15) is 0 Å². The molecule has 5 heteroatoms. The van der Waals surface area contributed by atoms with Crippen molar-refractivity contribution in [2.75, 3.05) is 13.2 Å². The molecule has 0 fully saturated rings. The highest BCUT2D eigenvalue weighted by molar-refractivity contribution is 5.78. The Morgan fingerprint density at radius 2 is 2.00 bits per heavy atom. The molecule has 0 aromatic carbocycles. The van der Waals surface area contributed by atoms with Crippen molar-refractivity contribution in [2.45, 2.75) is 26.2 Å². The van der Waals surface area contributed by atoms with Crippen molar-refractivity contribution in [2.24, 2.45) is 5.92 Å². The largest absolute Gasteiger partial charge is 0.481 e. The van der Waals surface area contributed by atoms with Gasteiger partial charge in [-0.05, 0) is 12.8 Å². The minimum atomic E-state index is -1.01. The highest BCUT2D eigenvalue weighted by Gasteiger charge is 2.17. The second-order valence-electron chi connectivity index (χ2n) is 3.10. The minimum absolute atomic E-state index is 0.0717. The summed E-state index contributed by atoms with van der Waals surface area (Å²) in [7, 11) is 0. The molecule has 0 saturated carbocycles. The van der Waals surface area contributed by atoms with Crippen LogP contribution in [-0.2, 0) is 14.3 Å². The van der Waals surface area contributed by atoms with Gasteiger partial charge in [-0.1, -0.05) is 6.92 Å². The molecule has 0 aliphatic heterocycles. The third-order valence-corrected chi connectivity index (χ3v) is 1.68. The number of aliphatic hydroxyl groups excluding tert-OH is 1. The Balaban J connectivity index is 3.57. The van der Waals surface area contributed by atoms with Gasteiger partial charge in [0.25, 0.3) is 0 Å². The predicted molar refractivity (Wildman–Crippen MR) is 48.7 cm³/mol. The first-order chi connectivity index (χ1) is 6.57. The van der Waals surface area contributed by atoms with Gasteiger partial charge in [0.2, 0.25) is 0 Å². The fraction of sp³-hybridized carbons (Fsp3) is 0.778. The zero-order valence-corrected chi connectivity index (χ0v) is 8.23. The lowest BCUT2D eigenvalue weighted by Gasteiger charge is -2.08. The van der Waals surface area contributed by atoms with E-state index in [0.717, 1.165) is 0 Å². The molecule has 14 heavy (non-hydrogen) atoms. The molecular formula is C9H16O5. The monoisotopic (exact) mass is 204 g/mol. The van der Waals surface area contributed by atoms with Crippen molar-refractivity contribution in [3.63, 3.8) is 0 Å². The van der Waals surface area contributed by atoms with E-state index in [0.29, 0.717) is 12.8 Å². The van der Waals surface area contributed by atoms with Crippen LogP contribution in [0.25, 0.3) is 0 Å². The number of unbranched alkanes of at least 4 members (excludes halogenated alkanes) is 1. The standard InChI is InChI=1S/C9H16O5/c1-7(6-8(11)12)9(13)14-5-3-2-4-10/h7,10H,2-6H2,1H3,(H,11,12). The lowest BCUT2D eigenvalue weighted by atomic mass is 10.1. The molecule has 0 rings (SSSR count). The van der Waals surface area contributed by atoms with E-state index in [1.165, 1.54) is 6.92 Å². The number of esters is 1. The maximum Gasteiger partial charge on any atom is 0.309 e. The second-order valence-corrected chi connectivity index (χ2v) is 3.10. The Labute approximate surface area is 82.7 Å². The lowest BCUT2D eigenvalue weighted by Crippen LogP contribution is -2.18. The number of rotatable bonds is 7. The number of hydrogen-bond donors (Lipinski definition) is 2. The van der Waals surface area contributed by atoms with Gasteiger partial charge in [-0.25, -0.2) is 0 Å². The molecule has 5 nitrogen and oxygen atoms in total. The Bertz CT molecular complexity index is 190. The first kappa shape index (κ1) is 12.9. The average molecular weight is 204 g/mol. The highest BCUT2D eigenvalue weighted by Crippen LogP contribution is 2.04. The molecule has 0 aliphatic carbocycles. The molecule has 0 amide bonds. The average Bonchev–Trinajstić information content (AvgIpc) is 2.11. The van der Waals surface area contributed by atoms with Gasteiger partial charge in [0.05, 0.1) is 18.9 Å². The number of carboxylic acid groups (broad SMARTS) is 1. The van der Waals surface area contributed by atoms with Crippen LogP contribution in [0, 0.1) is 5.92 Å². The van der Waals surface area contributed by atoms with Gasteiger partial charge in [0.1, 0.15) is 0 Å². The summed E-state index contributed by atoms with van der Waals surface area (Å²) in [5.41, 5.74) is 0. The van der Waals surface area contributed by atoms with Gasteiger partial charge in [-0.3, -0.25) is 9.59 Å². The van der Waals surface area contributed by atoms with Crippen LogP contribution in [-0.4, -0.2) is 35.4 Å². The van der Waals surface area contributed by atoms with E-state index in [1.54, 1.807) is 0 Å². The summed E-state index contributed by atoms with van der Waals surface area (Å²) in [6.07, 6.45) is 0.974. The summed E-state index contributed by atoms with van der Waals surface area (Å²) in [4.78, 5) is 21.3. The molecule has 0 radical (unpaired) electrons. The van der Waals surface area contributed by atoms with E-state index < -0.39 is 17.9 Å². The summed E-state index contributed by atoms with van der Waals surface area (Å²) < 4.78 is 4.79. The van der Waals surface area contributed by atoms with Crippen LogP contribution in [0.1, 0.15) is 26.2 Å². The number of aliphatic hydroxyl groups is 1. The molecule has 0 aromatic heterocycles. The zero-order chi connectivity index (χ0) is 11.0. The summed E-state index contributed by atoms with van der Waals surface area (Å²) >= 11 is 0. The van der Waals surface area contributed by atoms with Crippen LogP contribution in [0.3, 0.4) is 0 Å². The van der Waals surface area contributed by atoms with Crippen molar-refractivity contribution in [1.82, 2.24) is 0 Å². The lowest BCUT2D eigenvalue weighted by molar-refractivity contribution is -0.152. The van der Waals surface area contributed by atoms with E-state index in [1.807, 2.05) is 0 Å². The smallest absolute Gasteiger partial charge is 0.309 e. The van der Waals surface area contributed by atoms with Crippen molar-refractivity contribution >= 4 is 11.9 Å². The zero-order valence-electron chi connectivity index (χ0n) is 8.23. The summed E-state index contributed by atoms with van der Waals surface area (Å²) in [5, 5.41) is 16.8. The molecule has 1 unspecified atom stereocenters. The van der Waals surface area contributed by atoms with Crippen molar-refractivity contribution in [1.29, 1.82) is 0 Å². The number of ether oxygens (including phenoxy) is 1. The molecule has 82 valence electrons. The van der Waals surface area contributed by atoms with E-state index >= 15 is 0 Å². The first-order valence-electron chi connectivity index (χ1n) is 4.57. The third kappa shape index (κ3) is 6.42. The third-order valence-electron chi connectivity index (χ3n) is 1.68. The van der Waals surface area contributed by atoms with Crippen molar-refractivity contribution in [3.8, 4) is 0 Å². The number of hydrogen-bond acceptors (Lipinski definition) is 4. The van der Waals surface area contributed by atoms with Gasteiger partial charge in [-0.15, -0.1) is 0 Å². The van der Waals surface area contributed by atoms with E-state index in [9.17, 15) is 9.59 Å². The summed E-state index contributed by atoms with van der Waals surface area (Å²) in [6.45, 7) is 1.83. The Kier molecular flexibility index (Phi) is 6.74. The normalized spacial score (nSPS) is 12.1. The van der Waals surface area contributed by atoms with Gasteiger partial charge < -0.3 is 14.9 Å². The van der Waals surface area contributed by atoms with Crippen molar-refractivity contribution in [3.05, 3.63) is 0 Å². The van der Waals surface area contributed by atoms with Crippen LogP contribution < -0.4 is 0 Å². The van der Waals surface area contributed by atoms with Crippen LogP contribution in [0.4, 0.5) is 0 Å². The van der Waals surface area contributed by atoms with Crippen LogP contribution in [0.5, 0.6) is 0 Å². The topological polar surface area (TPSA) is 83.8 Å². The number of aliphatic carboxylic acids is 1. The fourth-order valence-electron chi connectivity index (χ4n) is 0.874. The maximum atomic E-state index is 11.1. The minimum Gasteiger partial charge on any atom is -0.481 e. The maximum absolute atomic E-state index is 11.1. The highest BCUT2D eigenvalue weighted by atomic mass is 16.5. The summed E-state index contributed by atoms with van der Waals surface area (Å²) in [5.74, 6) is -2.11. The van der Waals surface area contributed by atoms with Crippen molar-refractivity contribution < 1.29 is 24.5 Å². The molecule has 0 aromatic rings. The van der Waals surface area contributed by atoms with Gasteiger partial charge >= 0.3 is 11.9 Å². The number of carbonyl (C=O) groups excluding carboxylic acids is 1. The second kappa shape index (κ2) is 7.32. The molecule has 2 N–H and O–H groups in total. The first-order valence-corrected chi connectivity index (χ1v) is 4.57. The number of carboxylic acids is 1. The van der Waals surface area contributed by atoms with E-state index in [2.05, 4.69) is 0 Å². The summed E-state index contributed by atoms with van der Waals surface area (Å²) in [6, 6.07) is 0. The number of carbonyl (C=O) groups is 2. The SMILES string of the molecule is CC(CC(=O)O)C(=O)OCCCCO. The van der Waals surface area contributed by atoms with Gasteiger partial charge in [0, 0.05) is 6.61 Å². The quantitative estimate of drug-likeness (QED) is 0.463. The fourth-order valence-corrected chi connectivity index (χ4v) is 0.874. The molecule has 0 heterocycles. The van der Waals surface area contributed by atoms with E-state index in [4.69, 9.17) is 14.9 Å². The predicted octanol–water partition coefficient (Wildman–Crippen LogP) is 0.413. The Hall–Kier alpha value is -1.10. The van der Waals surface area contributed by atoms with Gasteiger partial charge in [0.15, 0.2) is 0 Å². The molecular weight excluding hydrogens is 188 g/mol. The molecule has 1 atom stereocenters. The van der Waals surface area contributed by atoms with Crippen LogP contribution >= 0.6 is 0 Å². The van der Waals surface area contributed by atoms with Crippen LogP contribution in [0.2, 0.25) is 0 Å². The Morgan fingerprint density at radius 1 is 1.36 bits per heavy atom. The molecule has 0 aliphatic rings.